The molecule has 0 radical (unpaired) electrons. The molecule has 5 nitrogen and oxygen atoms in total. The summed E-state index contributed by atoms with van der Waals surface area (Å²) in [5.74, 6) is 1.67. The maximum absolute atomic E-state index is 9.30. The Morgan fingerprint density at radius 2 is 2.00 bits per heavy atom. The summed E-state index contributed by atoms with van der Waals surface area (Å²) in [6.45, 7) is 6.67. The molecule has 0 aliphatic rings. The molecule has 0 spiro atoms. The van der Waals surface area contributed by atoms with Gasteiger partial charge in [-0.15, -0.1) is 0 Å². The molecule has 1 rings (SSSR count). The smallest absolute Gasteiger partial charge is 0.137 e. The molecule has 1 atom stereocenters. The zero-order chi connectivity index (χ0) is 13.0. The number of anilines is 2. The van der Waals surface area contributed by atoms with E-state index in [0.29, 0.717) is 12.2 Å². The largest absolute Gasteiger partial charge is 0.393 e. The quantitative estimate of drug-likeness (QED) is 0.810. The van der Waals surface area contributed by atoms with E-state index < -0.39 is 0 Å². The van der Waals surface area contributed by atoms with Gasteiger partial charge in [-0.25, -0.2) is 9.97 Å². The number of nitrogen functional groups attached to an aromatic ring is 1. The molecule has 3 N–H and O–H groups in total. The lowest BCUT2D eigenvalue weighted by Crippen LogP contribution is -2.25. The fourth-order valence-electron chi connectivity index (χ4n) is 1.74. The number of rotatable bonds is 5. The number of nitrogens with two attached hydrogens (primary N) is 1. The molecule has 96 valence electrons. The van der Waals surface area contributed by atoms with Crippen molar-refractivity contribution in [1.29, 1.82) is 0 Å². The highest BCUT2D eigenvalue weighted by Gasteiger charge is 2.16. The van der Waals surface area contributed by atoms with E-state index in [2.05, 4.69) is 23.8 Å². The third kappa shape index (κ3) is 3.56. The first kappa shape index (κ1) is 13.7. The first-order valence-electron chi connectivity index (χ1n) is 5.93. The molecule has 0 saturated carbocycles. The maximum Gasteiger partial charge on any atom is 0.137 e. The standard InChI is InChI=1S/C12H22N4O/c1-8(2)10-11(13)14-7-15-12(10)16(4)6-5-9(3)17/h7-9,17H,5-6H2,1-4H3,(H2,13,14,15). The van der Waals surface area contributed by atoms with Gasteiger partial charge in [0, 0.05) is 19.2 Å². The zero-order valence-electron chi connectivity index (χ0n) is 11.0. The summed E-state index contributed by atoms with van der Waals surface area (Å²) >= 11 is 0. The Morgan fingerprint density at radius 3 is 2.53 bits per heavy atom. The fourth-order valence-corrected chi connectivity index (χ4v) is 1.74. The molecule has 0 aromatic carbocycles. The van der Waals surface area contributed by atoms with Gasteiger partial charge in [0.15, 0.2) is 0 Å². The monoisotopic (exact) mass is 238 g/mol. The molecule has 5 heteroatoms. The molecule has 1 aromatic heterocycles. The van der Waals surface area contributed by atoms with Crippen LogP contribution in [0.4, 0.5) is 11.6 Å². The van der Waals surface area contributed by atoms with Crippen LogP contribution in [0.2, 0.25) is 0 Å². The van der Waals surface area contributed by atoms with Gasteiger partial charge in [-0.1, -0.05) is 13.8 Å². The van der Waals surface area contributed by atoms with Gasteiger partial charge < -0.3 is 15.7 Å². The molecule has 0 amide bonds. The molecule has 0 bridgehead atoms. The average Bonchev–Trinajstić information content (AvgIpc) is 2.24. The topological polar surface area (TPSA) is 75.3 Å². The molecular formula is C12H22N4O. The van der Waals surface area contributed by atoms with Crippen molar-refractivity contribution in [3.05, 3.63) is 11.9 Å². The van der Waals surface area contributed by atoms with Crippen molar-refractivity contribution < 1.29 is 5.11 Å². The Bertz CT molecular complexity index is 366. The van der Waals surface area contributed by atoms with E-state index in [9.17, 15) is 5.11 Å². The van der Waals surface area contributed by atoms with Crippen LogP contribution in [0, 0.1) is 0 Å². The summed E-state index contributed by atoms with van der Waals surface area (Å²) in [6, 6.07) is 0. The number of aliphatic hydroxyl groups excluding tert-OH is 1. The predicted molar refractivity (Wildman–Crippen MR) is 70.1 cm³/mol. The first-order chi connectivity index (χ1) is 7.93. The first-order valence-corrected chi connectivity index (χ1v) is 5.93. The Hall–Kier alpha value is -1.36. The molecule has 0 aliphatic carbocycles. The van der Waals surface area contributed by atoms with Crippen LogP contribution in [0.1, 0.15) is 38.7 Å². The van der Waals surface area contributed by atoms with Gasteiger partial charge in [0.1, 0.15) is 18.0 Å². The highest BCUT2D eigenvalue weighted by atomic mass is 16.3. The highest BCUT2D eigenvalue weighted by Crippen LogP contribution is 2.28. The molecule has 1 aromatic rings. The van der Waals surface area contributed by atoms with E-state index in [4.69, 9.17) is 5.73 Å². The number of hydrogen-bond donors (Lipinski definition) is 2. The van der Waals surface area contributed by atoms with Crippen LogP contribution < -0.4 is 10.6 Å². The van der Waals surface area contributed by atoms with Crippen LogP contribution in [0.3, 0.4) is 0 Å². The predicted octanol–water partition coefficient (Wildman–Crippen LogP) is 1.39. The number of aliphatic hydroxyl groups is 1. The van der Waals surface area contributed by atoms with Gasteiger partial charge in [-0.05, 0) is 19.3 Å². The van der Waals surface area contributed by atoms with E-state index in [1.54, 1.807) is 6.92 Å². The minimum Gasteiger partial charge on any atom is -0.393 e. The van der Waals surface area contributed by atoms with Crippen LogP contribution >= 0.6 is 0 Å². The Kier molecular flexibility index (Phi) is 4.69. The van der Waals surface area contributed by atoms with Gasteiger partial charge in [0.05, 0.1) is 6.10 Å². The second-order valence-electron chi connectivity index (χ2n) is 4.71. The third-order valence-electron chi connectivity index (χ3n) is 2.71. The molecule has 1 heterocycles. The normalized spacial score (nSPS) is 12.8. The Labute approximate surface area is 103 Å². The van der Waals surface area contributed by atoms with Crippen LogP contribution in [-0.4, -0.2) is 34.8 Å². The van der Waals surface area contributed by atoms with E-state index in [-0.39, 0.29) is 12.0 Å². The van der Waals surface area contributed by atoms with Crippen LogP contribution in [0.5, 0.6) is 0 Å². The lowest BCUT2D eigenvalue weighted by Gasteiger charge is -2.23. The number of nitrogens with zero attached hydrogens (tertiary/aromatic N) is 3. The third-order valence-corrected chi connectivity index (χ3v) is 2.71. The SMILES string of the molecule is CC(O)CCN(C)c1ncnc(N)c1C(C)C. The molecule has 0 fully saturated rings. The van der Waals surface area contributed by atoms with E-state index in [1.165, 1.54) is 6.33 Å². The van der Waals surface area contributed by atoms with Crippen molar-refractivity contribution >= 4 is 11.6 Å². The summed E-state index contributed by atoms with van der Waals surface area (Å²) in [6.07, 6.45) is 1.88. The Morgan fingerprint density at radius 1 is 1.35 bits per heavy atom. The average molecular weight is 238 g/mol. The van der Waals surface area contributed by atoms with Crippen molar-refractivity contribution in [3.8, 4) is 0 Å². The summed E-state index contributed by atoms with van der Waals surface area (Å²) in [5, 5.41) is 9.30. The van der Waals surface area contributed by atoms with Gasteiger partial charge in [-0.2, -0.15) is 0 Å². The number of hydrogen-bond acceptors (Lipinski definition) is 5. The zero-order valence-corrected chi connectivity index (χ0v) is 11.0. The fraction of sp³-hybridized carbons (Fsp3) is 0.667. The summed E-state index contributed by atoms with van der Waals surface area (Å²) in [5.41, 5.74) is 6.86. The van der Waals surface area contributed by atoms with Crippen molar-refractivity contribution in [2.75, 3.05) is 24.2 Å². The number of aromatic nitrogens is 2. The van der Waals surface area contributed by atoms with Crippen molar-refractivity contribution in [2.24, 2.45) is 0 Å². The minimum absolute atomic E-state index is 0.278. The molecule has 0 aliphatic heterocycles. The highest BCUT2D eigenvalue weighted by molar-refractivity contribution is 5.57. The van der Waals surface area contributed by atoms with Gasteiger partial charge in [0.2, 0.25) is 0 Å². The summed E-state index contributed by atoms with van der Waals surface area (Å²) < 4.78 is 0. The van der Waals surface area contributed by atoms with Crippen molar-refractivity contribution in [2.45, 2.75) is 39.2 Å². The van der Waals surface area contributed by atoms with Gasteiger partial charge in [-0.3, -0.25) is 0 Å². The Balaban J connectivity index is 2.92. The maximum atomic E-state index is 9.30. The molecule has 0 saturated heterocycles. The van der Waals surface area contributed by atoms with Crippen molar-refractivity contribution in [1.82, 2.24) is 9.97 Å². The van der Waals surface area contributed by atoms with Crippen molar-refractivity contribution in [3.63, 3.8) is 0 Å². The minimum atomic E-state index is -0.306. The van der Waals surface area contributed by atoms with E-state index >= 15 is 0 Å². The van der Waals surface area contributed by atoms with E-state index in [0.717, 1.165) is 17.9 Å². The lowest BCUT2D eigenvalue weighted by molar-refractivity contribution is 0.187. The van der Waals surface area contributed by atoms with Crippen LogP contribution in [0.25, 0.3) is 0 Å². The van der Waals surface area contributed by atoms with E-state index in [1.807, 2.05) is 11.9 Å². The molecule has 1 unspecified atom stereocenters. The second kappa shape index (κ2) is 5.82. The summed E-state index contributed by atoms with van der Waals surface area (Å²) in [7, 11) is 1.95. The van der Waals surface area contributed by atoms with Gasteiger partial charge >= 0.3 is 0 Å². The van der Waals surface area contributed by atoms with Crippen LogP contribution in [0.15, 0.2) is 6.33 Å². The van der Waals surface area contributed by atoms with Crippen LogP contribution in [-0.2, 0) is 0 Å². The second-order valence-corrected chi connectivity index (χ2v) is 4.71. The molecular weight excluding hydrogens is 216 g/mol. The van der Waals surface area contributed by atoms with Gasteiger partial charge in [0.25, 0.3) is 0 Å². The summed E-state index contributed by atoms with van der Waals surface area (Å²) in [4.78, 5) is 10.3. The molecule has 17 heavy (non-hydrogen) atoms. The lowest BCUT2D eigenvalue weighted by atomic mass is 10.0.